The number of rotatable bonds is 5. The van der Waals surface area contributed by atoms with Crippen molar-refractivity contribution in [2.45, 2.75) is 13.0 Å². The van der Waals surface area contributed by atoms with Gasteiger partial charge in [-0.15, -0.1) is 0 Å². The zero-order valence-electron chi connectivity index (χ0n) is 11.1. The van der Waals surface area contributed by atoms with Gasteiger partial charge >= 0.3 is 0 Å². The third-order valence-electron chi connectivity index (χ3n) is 2.92. The van der Waals surface area contributed by atoms with Gasteiger partial charge in [-0.2, -0.15) is 0 Å². The van der Waals surface area contributed by atoms with Crippen LogP contribution in [0.5, 0.6) is 0 Å². The number of nitrogens with zero attached hydrogens (tertiary/aromatic N) is 1. The topological polar surface area (TPSA) is 72.2 Å². The highest BCUT2D eigenvalue weighted by atomic mass is 19.1. The van der Waals surface area contributed by atoms with Gasteiger partial charge in [0.1, 0.15) is 5.82 Å². The summed E-state index contributed by atoms with van der Waals surface area (Å²) in [6.07, 6.45) is -0.0908. The summed E-state index contributed by atoms with van der Waals surface area (Å²) < 4.78 is 13.0. The molecule has 2 rings (SSSR count). The number of nitrogens with one attached hydrogen (secondary N) is 1. The zero-order chi connectivity index (χ0) is 15.2. The standard InChI is InChI=1S/C15H13FN2O3/c16-13-6-3-4-11(8-13)10-17-15(19)9-12-5-1-2-7-14(12)18(20)21/h1-8H,9-10H2,(H,17,19). The van der Waals surface area contributed by atoms with E-state index in [0.717, 1.165) is 0 Å². The molecule has 0 aliphatic carbocycles. The Morgan fingerprint density at radius 1 is 1.19 bits per heavy atom. The number of amides is 1. The number of benzene rings is 2. The lowest BCUT2D eigenvalue weighted by molar-refractivity contribution is -0.385. The van der Waals surface area contributed by atoms with Crippen LogP contribution < -0.4 is 5.32 Å². The van der Waals surface area contributed by atoms with Crippen molar-refractivity contribution in [1.82, 2.24) is 5.32 Å². The first kappa shape index (κ1) is 14.6. The average Bonchev–Trinajstić information content (AvgIpc) is 2.45. The molecule has 1 amide bonds. The Bertz CT molecular complexity index is 673. The van der Waals surface area contributed by atoms with Crippen LogP contribution in [0.2, 0.25) is 0 Å². The second-order valence-corrected chi connectivity index (χ2v) is 4.47. The number of nitro groups is 1. The van der Waals surface area contributed by atoms with Crippen LogP contribution >= 0.6 is 0 Å². The van der Waals surface area contributed by atoms with E-state index in [1.807, 2.05) is 0 Å². The van der Waals surface area contributed by atoms with E-state index in [0.29, 0.717) is 11.1 Å². The Hall–Kier alpha value is -2.76. The summed E-state index contributed by atoms with van der Waals surface area (Å²) in [5.41, 5.74) is 0.892. The van der Waals surface area contributed by atoms with Crippen molar-refractivity contribution >= 4 is 11.6 Å². The molecule has 0 atom stereocenters. The van der Waals surface area contributed by atoms with Gasteiger partial charge in [0.15, 0.2) is 0 Å². The van der Waals surface area contributed by atoms with Crippen molar-refractivity contribution in [3.63, 3.8) is 0 Å². The average molecular weight is 288 g/mol. The molecule has 1 N–H and O–H groups in total. The summed E-state index contributed by atoms with van der Waals surface area (Å²) in [6.45, 7) is 0.178. The third kappa shape index (κ3) is 4.10. The molecule has 0 spiro atoms. The summed E-state index contributed by atoms with van der Waals surface area (Å²) >= 11 is 0. The molecular formula is C15H13FN2O3. The van der Waals surface area contributed by atoms with E-state index in [4.69, 9.17) is 0 Å². The molecule has 0 saturated heterocycles. The molecule has 0 radical (unpaired) electrons. The number of carbonyl (C=O) groups excluding carboxylic acids is 1. The van der Waals surface area contributed by atoms with Gasteiger partial charge in [0, 0.05) is 18.2 Å². The van der Waals surface area contributed by atoms with Crippen molar-refractivity contribution in [2.24, 2.45) is 0 Å². The summed E-state index contributed by atoms with van der Waals surface area (Å²) in [5.74, 6) is -0.728. The maximum absolute atomic E-state index is 13.0. The minimum absolute atomic E-state index is 0.0848. The first-order valence-electron chi connectivity index (χ1n) is 6.29. The van der Waals surface area contributed by atoms with Crippen LogP contribution in [0, 0.1) is 15.9 Å². The van der Waals surface area contributed by atoms with Gasteiger partial charge in [-0.3, -0.25) is 14.9 Å². The molecule has 0 saturated carbocycles. The first-order chi connectivity index (χ1) is 10.1. The fourth-order valence-corrected chi connectivity index (χ4v) is 1.92. The van der Waals surface area contributed by atoms with Gasteiger partial charge in [0.25, 0.3) is 5.69 Å². The first-order valence-corrected chi connectivity index (χ1v) is 6.29. The Labute approximate surface area is 120 Å². The van der Waals surface area contributed by atoms with Crippen molar-refractivity contribution in [2.75, 3.05) is 0 Å². The zero-order valence-corrected chi connectivity index (χ0v) is 11.1. The van der Waals surface area contributed by atoms with Crippen LogP contribution in [0.4, 0.5) is 10.1 Å². The fraction of sp³-hybridized carbons (Fsp3) is 0.133. The van der Waals surface area contributed by atoms with Gasteiger partial charge < -0.3 is 5.32 Å². The van der Waals surface area contributed by atoms with Crippen molar-refractivity contribution in [3.8, 4) is 0 Å². The van der Waals surface area contributed by atoms with Crippen LogP contribution in [0.1, 0.15) is 11.1 Å². The molecule has 0 aliphatic heterocycles. The summed E-state index contributed by atoms with van der Waals surface area (Å²) in [5, 5.41) is 13.5. The van der Waals surface area contributed by atoms with E-state index in [9.17, 15) is 19.3 Å². The molecule has 2 aromatic carbocycles. The number of hydrogen-bond donors (Lipinski definition) is 1. The number of carbonyl (C=O) groups is 1. The molecule has 21 heavy (non-hydrogen) atoms. The van der Waals surface area contributed by atoms with Crippen LogP contribution in [0.3, 0.4) is 0 Å². The largest absolute Gasteiger partial charge is 0.352 e. The van der Waals surface area contributed by atoms with E-state index >= 15 is 0 Å². The van der Waals surface area contributed by atoms with E-state index in [1.165, 1.54) is 18.2 Å². The van der Waals surface area contributed by atoms with Crippen LogP contribution in [0.15, 0.2) is 48.5 Å². The smallest absolute Gasteiger partial charge is 0.273 e. The van der Waals surface area contributed by atoms with Gasteiger partial charge in [-0.1, -0.05) is 30.3 Å². The lowest BCUT2D eigenvalue weighted by Gasteiger charge is -2.06. The third-order valence-corrected chi connectivity index (χ3v) is 2.92. The number of halogens is 1. The van der Waals surface area contributed by atoms with Gasteiger partial charge in [-0.05, 0) is 17.7 Å². The lowest BCUT2D eigenvalue weighted by Crippen LogP contribution is -2.24. The Kier molecular flexibility index (Phi) is 4.61. The maximum atomic E-state index is 13.0. The maximum Gasteiger partial charge on any atom is 0.273 e. The molecule has 0 aromatic heterocycles. The minimum Gasteiger partial charge on any atom is -0.352 e. The highest BCUT2D eigenvalue weighted by Crippen LogP contribution is 2.18. The van der Waals surface area contributed by atoms with Gasteiger partial charge in [-0.25, -0.2) is 4.39 Å². The second kappa shape index (κ2) is 6.60. The van der Waals surface area contributed by atoms with Crippen LogP contribution in [-0.2, 0) is 17.8 Å². The molecule has 0 bridgehead atoms. The predicted octanol–water partition coefficient (Wildman–Crippen LogP) is 2.59. The molecule has 0 heterocycles. The Morgan fingerprint density at radius 2 is 1.95 bits per heavy atom. The number of para-hydroxylation sites is 1. The fourth-order valence-electron chi connectivity index (χ4n) is 1.92. The molecule has 5 nitrogen and oxygen atoms in total. The molecular weight excluding hydrogens is 275 g/mol. The van der Waals surface area contributed by atoms with E-state index < -0.39 is 4.92 Å². The van der Waals surface area contributed by atoms with Crippen molar-refractivity contribution < 1.29 is 14.1 Å². The summed E-state index contributed by atoms with van der Waals surface area (Å²) in [7, 11) is 0. The SMILES string of the molecule is O=C(Cc1ccccc1[N+](=O)[O-])NCc1cccc(F)c1. The summed E-state index contributed by atoms with van der Waals surface area (Å²) in [6, 6.07) is 12.0. The van der Waals surface area contributed by atoms with Gasteiger partial charge in [0.2, 0.25) is 5.91 Å². The monoisotopic (exact) mass is 288 g/mol. The van der Waals surface area contributed by atoms with Crippen molar-refractivity contribution in [3.05, 3.63) is 75.6 Å². The molecule has 0 fully saturated rings. The van der Waals surface area contributed by atoms with E-state index in [-0.39, 0.29) is 30.4 Å². The quantitative estimate of drug-likeness (QED) is 0.679. The molecule has 6 heteroatoms. The van der Waals surface area contributed by atoms with Gasteiger partial charge in [0.05, 0.1) is 11.3 Å². The second-order valence-electron chi connectivity index (χ2n) is 4.47. The van der Waals surface area contributed by atoms with E-state index in [2.05, 4.69) is 5.32 Å². The Morgan fingerprint density at radius 3 is 2.67 bits per heavy atom. The molecule has 0 aliphatic rings. The van der Waals surface area contributed by atoms with Crippen molar-refractivity contribution in [1.29, 1.82) is 0 Å². The normalized spacial score (nSPS) is 10.1. The summed E-state index contributed by atoms with van der Waals surface area (Å²) in [4.78, 5) is 22.2. The van der Waals surface area contributed by atoms with Crippen LogP contribution in [-0.4, -0.2) is 10.8 Å². The highest BCUT2D eigenvalue weighted by Gasteiger charge is 2.15. The lowest BCUT2D eigenvalue weighted by atomic mass is 10.1. The Balaban J connectivity index is 1.98. The minimum atomic E-state index is -0.519. The predicted molar refractivity (Wildman–Crippen MR) is 75.0 cm³/mol. The number of hydrogen-bond acceptors (Lipinski definition) is 3. The van der Waals surface area contributed by atoms with E-state index in [1.54, 1.807) is 30.3 Å². The molecule has 108 valence electrons. The molecule has 2 aromatic rings. The number of nitro benzene ring substituents is 1. The molecule has 0 unspecified atom stereocenters. The highest BCUT2D eigenvalue weighted by molar-refractivity contribution is 5.79. The van der Waals surface area contributed by atoms with Crippen LogP contribution in [0.25, 0.3) is 0 Å².